The van der Waals surface area contributed by atoms with Gasteiger partial charge in [-0.25, -0.2) is 14.4 Å². The first-order valence-electron chi connectivity index (χ1n) is 10.3. The number of thiazole rings is 1. The van der Waals surface area contributed by atoms with Gasteiger partial charge in [-0.1, -0.05) is 36.1 Å². The molecule has 1 atom stereocenters. The Morgan fingerprint density at radius 3 is 2.82 bits per heavy atom. The number of aryl methyl sites for hydroxylation is 1. The van der Waals surface area contributed by atoms with Crippen molar-refractivity contribution in [2.24, 2.45) is 0 Å². The minimum absolute atomic E-state index is 0.0596. The Morgan fingerprint density at radius 1 is 1.24 bits per heavy atom. The fraction of sp³-hybridized carbons (Fsp3) is 0.217. The van der Waals surface area contributed by atoms with E-state index < -0.39 is 0 Å². The van der Waals surface area contributed by atoms with Crippen molar-refractivity contribution in [3.8, 4) is 5.69 Å². The molecule has 0 fully saturated rings. The maximum absolute atomic E-state index is 13.5. The molecule has 4 aromatic rings. The van der Waals surface area contributed by atoms with Gasteiger partial charge in [0, 0.05) is 11.7 Å². The Balaban J connectivity index is 1.40. The lowest BCUT2D eigenvalue weighted by Gasteiger charge is -2.13. The van der Waals surface area contributed by atoms with Gasteiger partial charge in [0.05, 0.1) is 32.2 Å². The zero-order valence-electron chi connectivity index (χ0n) is 17.8. The van der Waals surface area contributed by atoms with E-state index in [0.717, 1.165) is 21.5 Å². The van der Waals surface area contributed by atoms with Gasteiger partial charge in [-0.05, 0) is 48.9 Å². The van der Waals surface area contributed by atoms with Gasteiger partial charge in [0.2, 0.25) is 5.91 Å². The third kappa shape index (κ3) is 4.55. The van der Waals surface area contributed by atoms with Crippen molar-refractivity contribution in [3.63, 3.8) is 0 Å². The number of carbonyl (C=O) groups excluding carboxylic acids is 1. The molecule has 0 saturated carbocycles. The van der Waals surface area contributed by atoms with E-state index in [1.165, 1.54) is 51.6 Å². The molecule has 0 radical (unpaired) electrons. The van der Waals surface area contributed by atoms with E-state index in [1.807, 2.05) is 32.0 Å². The maximum atomic E-state index is 13.5. The third-order valence-corrected chi connectivity index (χ3v) is 8.18. The number of benzene rings is 2. The summed E-state index contributed by atoms with van der Waals surface area (Å²) in [6.07, 6.45) is 0.699. The van der Waals surface area contributed by atoms with Crippen molar-refractivity contribution < 1.29 is 9.18 Å². The lowest BCUT2D eigenvalue weighted by atomic mass is 10.2. The Labute approximate surface area is 201 Å². The number of anilines is 1. The maximum Gasteiger partial charge on any atom is 0.272 e. The number of hydrogen-bond donors (Lipinski definition) is 1. The lowest BCUT2D eigenvalue weighted by molar-refractivity contribution is -0.113. The normalized spacial score (nSPS) is 15.1. The molecule has 3 heterocycles. The number of carbonyl (C=O) groups is 1. The third-order valence-electron chi connectivity index (χ3n) is 5.09. The smallest absolute Gasteiger partial charge is 0.272 e. The van der Waals surface area contributed by atoms with Crippen molar-refractivity contribution in [1.29, 1.82) is 0 Å². The van der Waals surface area contributed by atoms with Crippen LogP contribution in [-0.4, -0.2) is 31.4 Å². The lowest BCUT2D eigenvalue weighted by Crippen LogP contribution is -2.24. The molecule has 0 spiro atoms. The van der Waals surface area contributed by atoms with Crippen LogP contribution in [0.2, 0.25) is 0 Å². The summed E-state index contributed by atoms with van der Waals surface area (Å²) >= 11 is 4.10. The molecular formula is C23H19FN4O2S3. The van der Waals surface area contributed by atoms with Crippen molar-refractivity contribution in [3.05, 3.63) is 69.9 Å². The van der Waals surface area contributed by atoms with Crippen LogP contribution in [-0.2, 0) is 11.2 Å². The van der Waals surface area contributed by atoms with Gasteiger partial charge >= 0.3 is 0 Å². The number of hydrogen-bond acceptors (Lipinski definition) is 7. The molecule has 33 heavy (non-hydrogen) atoms. The highest BCUT2D eigenvalue weighted by atomic mass is 32.2. The topological polar surface area (TPSA) is 76.9 Å². The highest BCUT2D eigenvalue weighted by molar-refractivity contribution is 8.00. The number of amides is 1. The van der Waals surface area contributed by atoms with E-state index in [4.69, 9.17) is 4.98 Å². The Kier molecular flexibility index (Phi) is 5.98. The van der Waals surface area contributed by atoms with E-state index >= 15 is 0 Å². The summed E-state index contributed by atoms with van der Waals surface area (Å²) < 4.78 is 15.9. The van der Waals surface area contributed by atoms with Crippen molar-refractivity contribution in [2.75, 3.05) is 11.1 Å². The molecule has 1 N–H and O–H groups in total. The van der Waals surface area contributed by atoms with Crippen molar-refractivity contribution >= 4 is 56.1 Å². The standard InChI is InChI=1S/C23H19FN4O2S3/c1-12-3-8-16-18(9-12)33-22(25-16)27-19(29)11-31-23-26-17-10-13(2)32-20(17)21(30)28(23)15-6-4-14(24)5-7-15/h3-9,13H,10-11H2,1-2H3,(H,25,27,29)/t13-/m0/s1. The fourth-order valence-corrected chi connectivity index (χ4v) is 6.49. The molecule has 5 rings (SSSR count). The van der Waals surface area contributed by atoms with Crippen LogP contribution in [0.1, 0.15) is 18.2 Å². The van der Waals surface area contributed by atoms with E-state index in [1.54, 1.807) is 12.1 Å². The minimum atomic E-state index is -0.386. The van der Waals surface area contributed by atoms with E-state index in [2.05, 4.69) is 10.3 Å². The Hall–Kier alpha value is -2.69. The summed E-state index contributed by atoms with van der Waals surface area (Å²) in [5.41, 5.74) is 3.05. The number of nitrogens with one attached hydrogen (secondary N) is 1. The first kappa shape index (κ1) is 22.1. The van der Waals surface area contributed by atoms with Crippen LogP contribution in [0.15, 0.2) is 57.3 Å². The van der Waals surface area contributed by atoms with Gasteiger partial charge < -0.3 is 5.32 Å². The van der Waals surface area contributed by atoms with Crippen molar-refractivity contribution in [1.82, 2.24) is 14.5 Å². The van der Waals surface area contributed by atoms with Crippen LogP contribution in [0.3, 0.4) is 0 Å². The van der Waals surface area contributed by atoms with Crippen LogP contribution in [0.5, 0.6) is 0 Å². The second kappa shape index (κ2) is 8.92. The van der Waals surface area contributed by atoms with Crippen LogP contribution in [0.4, 0.5) is 9.52 Å². The fourth-order valence-electron chi connectivity index (χ4n) is 3.59. The van der Waals surface area contributed by atoms with Gasteiger partial charge in [0.1, 0.15) is 5.82 Å². The monoisotopic (exact) mass is 498 g/mol. The first-order valence-corrected chi connectivity index (χ1v) is 12.9. The van der Waals surface area contributed by atoms with Crippen LogP contribution < -0.4 is 10.9 Å². The average molecular weight is 499 g/mol. The molecule has 168 valence electrons. The van der Waals surface area contributed by atoms with Gasteiger partial charge in [-0.3, -0.25) is 14.2 Å². The number of thioether (sulfide) groups is 2. The summed E-state index contributed by atoms with van der Waals surface area (Å²) in [6, 6.07) is 11.6. The zero-order chi connectivity index (χ0) is 23.1. The van der Waals surface area contributed by atoms with E-state index in [0.29, 0.717) is 27.3 Å². The Bertz CT molecular complexity index is 1430. The molecule has 2 aromatic carbocycles. The quantitative estimate of drug-likeness (QED) is 0.306. The van der Waals surface area contributed by atoms with E-state index in [-0.39, 0.29) is 28.3 Å². The molecule has 10 heteroatoms. The minimum Gasteiger partial charge on any atom is -0.301 e. The first-order chi connectivity index (χ1) is 15.9. The van der Waals surface area contributed by atoms with Crippen LogP contribution in [0, 0.1) is 12.7 Å². The summed E-state index contributed by atoms with van der Waals surface area (Å²) in [5.74, 6) is -0.563. The predicted octanol–water partition coefficient (Wildman–Crippen LogP) is 5.06. The Morgan fingerprint density at radius 2 is 2.03 bits per heavy atom. The van der Waals surface area contributed by atoms with Gasteiger partial charge in [0.25, 0.3) is 5.56 Å². The second-order valence-corrected chi connectivity index (χ2v) is 11.2. The molecule has 2 aromatic heterocycles. The molecule has 0 aliphatic carbocycles. The van der Waals surface area contributed by atoms with Gasteiger partial charge in [-0.15, -0.1) is 11.8 Å². The molecule has 1 amide bonds. The highest BCUT2D eigenvalue weighted by Gasteiger charge is 2.27. The molecule has 0 unspecified atom stereocenters. The summed E-state index contributed by atoms with van der Waals surface area (Å²) in [6.45, 7) is 4.06. The number of halogens is 1. The predicted molar refractivity (Wildman–Crippen MR) is 133 cm³/mol. The molecular weight excluding hydrogens is 479 g/mol. The molecule has 0 saturated heterocycles. The zero-order valence-corrected chi connectivity index (χ0v) is 20.2. The molecule has 0 bridgehead atoms. The molecule has 1 aliphatic rings. The largest absolute Gasteiger partial charge is 0.301 e. The molecule has 6 nitrogen and oxygen atoms in total. The van der Waals surface area contributed by atoms with Crippen LogP contribution in [0.25, 0.3) is 15.9 Å². The summed E-state index contributed by atoms with van der Waals surface area (Å²) in [4.78, 5) is 35.7. The summed E-state index contributed by atoms with van der Waals surface area (Å²) in [5, 5.41) is 4.04. The van der Waals surface area contributed by atoms with Crippen LogP contribution >= 0.6 is 34.9 Å². The SMILES string of the molecule is Cc1ccc2nc(NC(=O)CSc3nc4c(c(=O)n3-c3ccc(F)cc3)S[C@@H](C)C4)sc2c1. The average Bonchev–Trinajstić information content (AvgIpc) is 3.35. The highest BCUT2D eigenvalue weighted by Crippen LogP contribution is 2.35. The van der Waals surface area contributed by atoms with Gasteiger partial charge in [-0.2, -0.15) is 0 Å². The molecule has 1 aliphatic heterocycles. The van der Waals surface area contributed by atoms with Gasteiger partial charge in [0.15, 0.2) is 10.3 Å². The number of aromatic nitrogens is 3. The van der Waals surface area contributed by atoms with Crippen molar-refractivity contribution in [2.45, 2.75) is 35.6 Å². The second-order valence-electron chi connectivity index (χ2n) is 7.75. The van der Waals surface area contributed by atoms with E-state index in [9.17, 15) is 14.0 Å². The summed E-state index contributed by atoms with van der Waals surface area (Å²) in [7, 11) is 0. The number of fused-ring (bicyclic) bond motifs is 2. The number of nitrogens with zero attached hydrogens (tertiary/aromatic N) is 3. The number of rotatable bonds is 5.